The second-order valence-electron chi connectivity index (χ2n) is 8.99. The first kappa shape index (κ1) is 23.1. The molecule has 0 bridgehead atoms. The lowest BCUT2D eigenvalue weighted by atomic mass is 9.99. The fourth-order valence-electron chi connectivity index (χ4n) is 4.08. The Labute approximate surface area is 183 Å². The van der Waals surface area contributed by atoms with Gasteiger partial charge in [-0.25, -0.2) is 13.1 Å². The SMILES string of the molecule is Cc1ccc(S(=O)(=O)NCCOCC2OC3OC(C)(C)OC3C3OC(C)(C)OC23)cc1. The molecule has 9 nitrogen and oxygen atoms in total. The van der Waals surface area contributed by atoms with Crippen molar-refractivity contribution in [2.75, 3.05) is 19.8 Å². The van der Waals surface area contributed by atoms with Crippen molar-refractivity contribution < 1.29 is 36.8 Å². The minimum Gasteiger partial charge on any atom is -0.377 e. The molecule has 3 heterocycles. The third kappa shape index (κ3) is 5.12. The molecule has 0 radical (unpaired) electrons. The number of aryl methyl sites for hydroxylation is 1. The van der Waals surface area contributed by atoms with E-state index >= 15 is 0 Å². The summed E-state index contributed by atoms with van der Waals surface area (Å²) >= 11 is 0. The van der Waals surface area contributed by atoms with Crippen molar-refractivity contribution in [3.8, 4) is 0 Å². The lowest BCUT2D eigenvalue weighted by Gasteiger charge is -2.37. The van der Waals surface area contributed by atoms with Crippen LogP contribution in [-0.2, 0) is 38.4 Å². The van der Waals surface area contributed by atoms with Crippen LogP contribution in [0.5, 0.6) is 0 Å². The van der Waals surface area contributed by atoms with Crippen LogP contribution in [0, 0.1) is 6.92 Å². The fraction of sp³-hybridized carbons (Fsp3) is 0.714. The van der Waals surface area contributed by atoms with E-state index in [2.05, 4.69) is 4.72 Å². The number of nitrogens with one attached hydrogen (secondary N) is 1. The van der Waals surface area contributed by atoms with E-state index in [9.17, 15) is 8.42 Å². The van der Waals surface area contributed by atoms with Crippen molar-refractivity contribution in [1.82, 2.24) is 4.72 Å². The Hall–Kier alpha value is -1.11. The van der Waals surface area contributed by atoms with E-state index in [4.69, 9.17) is 28.4 Å². The lowest BCUT2D eigenvalue weighted by Crippen LogP contribution is -2.56. The van der Waals surface area contributed by atoms with Crippen molar-refractivity contribution in [1.29, 1.82) is 0 Å². The van der Waals surface area contributed by atoms with E-state index in [1.807, 2.05) is 34.6 Å². The Morgan fingerprint density at radius 1 is 0.935 bits per heavy atom. The van der Waals surface area contributed by atoms with Gasteiger partial charge >= 0.3 is 0 Å². The van der Waals surface area contributed by atoms with Gasteiger partial charge in [0, 0.05) is 6.54 Å². The predicted octanol–water partition coefficient (Wildman–Crippen LogP) is 1.69. The average Bonchev–Trinajstić information content (AvgIpc) is 3.15. The summed E-state index contributed by atoms with van der Waals surface area (Å²) in [4.78, 5) is 0.224. The first-order chi connectivity index (χ1) is 14.5. The first-order valence-corrected chi connectivity index (χ1v) is 11.9. The van der Waals surface area contributed by atoms with Crippen molar-refractivity contribution in [3.63, 3.8) is 0 Å². The van der Waals surface area contributed by atoms with Crippen molar-refractivity contribution >= 4 is 10.0 Å². The van der Waals surface area contributed by atoms with Gasteiger partial charge in [0.15, 0.2) is 17.9 Å². The maximum Gasteiger partial charge on any atom is 0.240 e. The van der Waals surface area contributed by atoms with Gasteiger partial charge in [-0.3, -0.25) is 0 Å². The molecular weight excluding hydrogens is 426 g/mol. The van der Waals surface area contributed by atoms with Crippen LogP contribution in [0.15, 0.2) is 29.2 Å². The molecule has 0 spiro atoms. The zero-order valence-electron chi connectivity index (χ0n) is 18.5. The molecule has 0 aromatic heterocycles. The second kappa shape index (κ2) is 8.35. The predicted molar refractivity (Wildman–Crippen MR) is 110 cm³/mol. The number of fused-ring (bicyclic) bond motifs is 3. The Kier molecular flexibility index (Phi) is 6.21. The highest BCUT2D eigenvalue weighted by Gasteiger charge is 2.60. The molecule has 5 atom stereocenters. The normalized spacial score (nSPS) is 33.8. The van der Waals surface area contributed by atoms with Gasteiger partial charge in [-0.2, -0.15) is 0 Å². The molecule has 1 aromatic rings. The number of hydrogen-bond donors (Lipinski definition) is 1. The zero-order valence-corrected chi connectivity index (χ0v) is 19.3. The lowest BCUT2D eigenvalue weighted by molar-refractivity contribution is -0.242. The number of sulfonamides is 1. The summed E-state index contributed by atoms with van der Waals surface area (Å²) in [5.74, 6) is -1.55. The topological polar surface area (TPSA) is 102 Å². The first-order valence-electron chi connectivity index (χ1n) is 10.5. The number of ether oxygens (including phenoxy) is 6. The average molecular weight is 458 g/mol. The van der Waals surface area contributed by atoms with Crippen LogP contribution >= 0.6 is 0 Å². The molecule has 4 rings (SSSR count). The van der Waals surface area contributed by atoms with Gasteiger partial charge in [-0.05, 0) is 46.8 Å². The summed E-state index contributed by atoms with van der Waals surface area (Å²) in [5, 5.41) is 0. The molecule has 0 amide bonds. The summed E-state index contributed by atoms with van der Waals surface area (Å²) in [6, 6.07) is 6.68. The third-order valence-electron chi connectivity index (χ3n) is 5.40. The van der Waals surface area contributed by atoms with E-state index in [0.29, 0.717) is 0 Å². The number of benzene rings is 1. The number of rotatable bonds is 7. The van der Waals surface area contributed by atoms with Crippen LogP contribution in [0.25, 0.3) is 0 Å². The number of hydrogen-bond acceptors (Lipinski definition) is 8. The maximum atomic E-state index is 12.4. The van der Waals surface area contributed by atoms with Gasteiger partial charge < -0.3 is 28.4 Å². The standard InChI is InChI=1S/C21H31NO8S/c1-13-6-8-14(9-7-13)31(23,24)22-10-11-25-12-15-16-17(28-20(2,3)27-16)18-19(26-15)30-21(4,5)29-18/h6-9,15-19,22H,10-12H2,1-5H3. The minimum absolute atomic E-state index is 0.137. The van der Waals surface area contributed by atoms with Crippen LogP contribution in [-0.4, -0.2) is 70.5 Å². The fourth-order valence-corrected chi connectivity index (χ4v) is 5.09. The van der Waals surface area contributed by atoms with Crippen molar-refractivity contribution in [2.24, 2.45) is 0 Å². The van der Waals surface area contributed by atoms with Gasteiger partial charge in [-0.1, -0.05) is 17.7 Å². The van der Waals surface area contributed by atoms with Crippen LogP contribution < -0.4 is 4.72 Å². The van der Waals surface area contributed by atoms with E-state index in [1.165, 1.54) is 0 Å². The molecule has 1 N–H and O–H groups in total. The highest BCUT2D eigenvalue weighted by atomic mass is 32.2. The molecule has 3 aliphatic rings. The summed E-state index contributed by atoms with van der Waals surface area (Å²) < 4.78 is 63.0. The molecule has 0 aliphatic carbocycles. The van der Waals surface area contributed by atoms with E-state index in [0.717, 1.165) is 5.56 Å². The van der Waals surface area contributed by atoms with Crippen LogP contribution in [0.3, 0.4) is 0 Å². The van der Waals surface area contributed by atoms with Gasteiger partial charge in [0.05, 0.1) is 18.1 Å². The highest BCUT2D eigenvalue weighted by molar-refractivity contribution is 7.89. The van der Waals surface area contributed by atoms with E-state index in [-0.39, 0.29) is 43.0 Å². The summed E-state index contributed by atoms with van der Waals surface area (Å²) in [7, 11) is -3.58. The van der Waals surface area contributed by atoms with E-state index < -0.39 is 34.0 Å². The Morgan fingerprint density at radius 3 is 2.26 bits per heavy atom. The molecule has 174 valence electrons. The molecule has 3 saturated heterocycles. The molecular formula is C21H31NO8S. The van der Waals surface area contributed by atoms with Crippen LogP contribution in [0.1, 0.15) is 33.3 Å². The third-order valence-corrected chi connectivity index (χ3v) is 6.88. The van der Waals surface area contributed by atoms with Gasteiger partial charge in [0.1, 0.15) is 24.4 Å². The molecule has 1 aromatic carbocycles. The van der Waals surface area contributed by atoms with Crippen molar-refractivity contribution in [2.45, 2.75) is 81.8 Å². The molecule has 3 fully saturated rings. The minimum atomic E-state index is -3.58. The van der Waals surface area contributed by atoms with Crippen LogP contribution in [0.2, 0.25) is 0 Å². The summed E-state index contributed by atoms with van der Waals surface area (Å²) in [5.41, 5.74) is 0.997. The monoisotopic (exact) mass is 457 g/mol. The van der Waals surface area contributed by atoms with Crippen LogP contribution in [0.4, 0.5) is 0 Å². The highest BCUT2D eigenvalue weighted by Crippen LogP contribution is 2.44. The van der Waals surface area contributed by atoms with Crippen molar-refractivity contribution in [3.05, 3.63) is 29.8 Å². The molecule has 0 saturated carbocycles. The smallest absolute Gasteiger partial charge is 0.240 e. The Bertz CT molecular complexity index is 885. The molecule has 3 aliphatic heterocycles. The van der Waals surface area contributed by atoms with E-state index in [1.54, 1.807) is 24.3 Å². The molecule has 10 heteroatoms. The molecule has 5 unspecified atom stereocenters. The Balaban J connectivity index is 1.30. The molecule has 31 heavy (non-hydrogen) atoms. The van der Waals surface area contributed by atoms with Gasteiger partial charge in [-0.15, -0.1) is 0 Å². The van der Waals surface area contributed by atoms with Gasteiger partial charge in [0.25, 0.3) is 0 Å². The Morgan fingerprint density at radius 2 is 1.55 bits per heavy atom. The maximum absolute atomic E-state index is 12.4. The van der Waals surface area contributed by atoms with Gasteiger partial charge in [0.2, 0.25) is 10.0 Å². The largest absolute Gasteiger partial charge is 0.377 e. The summed E-state index contributed by atoms with van der Waals surface area (Å²) in [6.45, 7) is 9.79. The zero-order chi connectivity index (χ0) is 22.4. The second-order valence-corrected chi connectivity index (χ2v) is 10.8. The quantitative estimate of drug-likeness (QED) is 0.618. The summed E-state index contributed by atoms with van der Waals surface area (Å²) in [6.07, 6.45) is -2.12.